The molecule has 0 aliphatic carbocycles. The average Bonchev–Trinajstić information content (AvgIpc) is 2.45. The minimum Gasteiger partial charge on any atom is -0.344 e. The van der Waals surface area contributed by atoms with Gasteiger partial charge in [-0.05, 0) is 12.8 Å². The van der Waals surface area contributed by atoms with Gasteiger partial charge in [-0.2, -0.15) is 0 Å². The van der Waals surface area contributed by atoms with Crippen molar-refractivity contribution in [3.05, 3.63) is 22.7 Å². The van der Waals surface area contributed by atoms with E-state index in [2.05, 4.69) is 15.3 Å². The van der Waals surface area contributed by atoms with Crippen LogP contribution in [0.4, 0.5) is 0 Å². The van der Waals surface area contributed by atoms with Crippen molar-refractivity contribution in [2.45, 2.75) is 52.0 Å². The molecule has 1 aromatic rings. The molecular formula is C14H24Cl2N4O. The highest BCUT2D eigenvalue weighted by Crippen LogP contribution is 2.19. The van der Waals surface area contributed by atoms with Crippen LogP contribution in [0.5, 0.6) is 0 Å². The summed E-state index contributed by atoms with van der Waals surface area (Å²) >= 11 is 6.04. The average molecular weight is 335 g/mol. The lowest BCUT2D eigenvalue weighted by Gasteiger charge is -2.31. The fraction of sp³-hybridized carbons (Fsp3) is 0.643. The third-order valence-corrected chi connectivity index (χ3v) is 3.89. The standard InChI is InChI=1S/C14H23ClN4O.ClH/c1-5-14(6-2,8-16)19-13(20)11-10(15)7-17-12(18-11)9(3)4;/h7,9H,5-6,8,16H2,1-4H3,(H,19,20);1H. The molecule has 0 saturated heterocycles. The molecule has 120 valence electrons. The van der Waals surface area contributed by atoms with Crippen molar-refractivity contribution >= 4 is 29.9 Å². The number of hydrogen-bond acceptors (Lipinski definition) is 4. The van der Waals surface area contributed by atoms with E-state index >= 15 is 0 Å². The van der Waals surface area contributed by atoms with E-state index in [9.17, 15) is 4.79 Å². The molecule has 7 heteroatoms. The normalized spacial score (nSPS) is 11.2. The maximum atomic E-state index is 12.4. The summed E-state index contributed by atoms with van der Waals surface area (Å²) in [5.74, 6) is 0.440. The molecule has 0 saturated carbocycles. The van der Waals surface area contributed by atoms with Crippen molar-refractivity contribution in [3.63, 3.8) is 0 Å². The molecule has 0 aliphatic heterocycles. The summed E-state index contributed by atoms with van der Waals surface area (Å²) in [4.78, 5) is 20.8. The Morgan fingerprint density at radius 3 is 2.43 bits per heavy atom. The van der Waals surface area contributed by atoms with Crippen LogP contribution >= 0.6 is 24.0 Å². The topological polar surface area (TPSA) is 80.9 Å². The SMILES string of the molecule is CCC(CC)(CN)NC(=O)c1nc(C(C)C)ncc1Cl.Cl. The van der Waals surface area contributed by atoms with Crippen LogP contribution in [0.25, 0.3) is 0 Å². The number of nitrogens with zero attached hydrogens (tertiary/aromatic N) is 2. The van der Waals surface area contributed by atoms with Crippen molar-refractivity contribution in [2.24, 2.45) is 5.73 Å². The first kappa shape index (κ1) is 20.1. The Morgan fingerprint density at radius 1 is 1.43 bits per heavy atom. The maximum Gasteiger partial charge on any atom is 0.272 e. The number of halogens is 2. The van der Waals surface area contributed by atoms with Crippen LogP contribution in [-0.2, 0) is 0 Å². The van der Waals surface area contributed by atoms with Gasteiger partial charge < -0.3 is 11.1 Å². The summed E-state index contributed by atoms with van der Waals surface area (Å²) in [6.45, 7) is 8.31. The van der Waals surface area contributed by atoms with Crippen LogP contribution in [-0.4, -0.2) is 28.0 Å². The molecule has 1 heterocycles. The van der Waals surface area contributed by atoms with E-state index in [0.29, 0.717) is 12.4 Å². The van der Waals surface area contributed by atoms with Crippen LogP contribution in [0.3, 0.4) is 0 Å². The lowest BCUT2D eigenvalue weighted by molar-refractivity contribution is 0.0889. The molecule has 1 rings (SSSR count). The Morgan fingerprint density at radius 2 is 2.00 bits per heavy atom. The Hall–Kier alpha value is -0.910. The highest BCUT2D eigenvalue weighted by atomic mass is 35.5. The van der Waals surface area contributed by atoms with Crippen LogP contribution < -0.4 is 11.1 Å². The number of rotatable bonds is 6. The number of carbonyl (C=O) groups excluding carboxylic acids is 1. The van der Waals surface area contributed by atoms with Crippen molar-refractivity contribution in [1.82, 2.24) is 15.3 Å². The first-order valence-electron chi connectivity index (χ1n) is 6.94. The number of aromatic nitrogens is 2. The number of nitrogens with two attached hydrogens (primary N) is 1. The third kappa shape index (κ3) is 4.80. The molecule has 0 atom stereocenters. The zero-order chi connectivity index (χ0) is 15.3. The van der Waals surface area contributed by atoms with Crippen molar-refractivity contribution in [1.29, 1.82) is 0 Å². The second-order valence-electron chi connectivity index (χ2n) is 5.23. The van der Waals surface area contributed by atoms with Gasteiger partial charge in [0, 0.05) is 12.5 Å². The zero-order valence-corrected chi connectivity index (χ0v) is 14.5. The largest absolute Gasteiger partial charge is 0.344 e. The van der Waals surface area contributed by atoms with Gasteiger partial charge in [0.25, 0.3) is 5.91 Å². The summed E-state index contributed by atoms with van der Waals surface area (Å²) in [5, 5.41) is 3.22. The Kier molecular flexibility index (Phi) is 8.14. The smallest absolute Gasteiger partial charge is 0.272 e. The summed E-state index contributed by atoms with van der Waals surface area (Å²) in [6.07, 6.45) is 2.98. The first-order chi connectivity index (χ1) is 9.39. The van der Waals surface area contributed by atoms with Crippen molar-refractivity contribution < 1.29 is 4.79 Å². The van der Waals surface area contributed by atoms with Crippen LogP contribution in [0.1, 0.15) is 62.8 Å². The van der Waals surface area contributed by atoms with Gasteiger partial charge in [0.2, 0.25) is 0 Å². The predicted octanol–water partition coefficient (Wildman–Crippen LogP) is 2.92. The van der Waals surface area contributed by atoms with Crippen molar-refractivity contribution in [2.75, 3.05) is 6.54 Å². The second-order valence-corrected chi connectivity index (χ2v) is 5.63. The lowest BCUT2D eigenvalue weighted by atomic mass is 9.93. The Labute approximate surface area is 137 Å². The van der Waals surface area contributed by atoms with E-state index in [-0.39, 0.29) is 34.9 Å². The molecule has 1 amide bonds. The number of nitrogens with one attached hydrogen (secondary N) is 1. The van der Waals surface area contributed by atoms with Crippen LogP contribution in [0.15, 0.2) is 6.20 Å². The van der Waals surface area contributed by atoms with Gasteiger partial charge in [0.1, 0.15) is 11.5 Å². The van der Waals surface area contributed by atoms with E-state index < -0.39 is 5.54 Å². The molecule has 0 spiro atoms. The highest BCUT2D eigenvalue weighted by molar-refractivity contribution is 6.33. The van der Waals surface area contributed by atoms with Gasteiger partial charge in [-0.3, -0.25) is 4.79 Å². The molecule has 0 unspecified atom stereocenters. The predicted molar refractivity (Wildman–Crippen MR) is 88.2 cm³/mol. The van der Waals surface area contributed by atoms with Gasteiger partial charge in [0.15, 0.2) is 0 Å². The zero-order valence-electron chi connectivity index (χ0n) is 12.9. The summed E-state index contributed by atoms with van der Waals surface area (Å²) in [6, 6.07) is 0. The molecule has 1 aromatic heterocycles. The minimum atomic E-state index is -0.413. The molecule has 5 nitrogen and oxygen atoms in total. The van der Waals surface area contributed by atoms with E-state index in [1.54, 1.807) is 0 Å². The molecule has 0 fully saturated rings. The maximum absolute atomic E-state index is 12.4. The van der Waals surface area contributed by atoms with Gasteiger partial charge in [-0.15, -0.1) is 12.4 Å². The van der Waals surface area contributed by atoms with Crippen LogP contribution in [0.2, 0.25) is 5.02 Å². The monoisotopic (exact) mass is 334 g/mol. The van der Waals surface area contributed by atoms with Crippen LogP contribution in [0, 0.1) is 0 Å². The quantitative estimate of drug-likeness (QED) is 0.837. The molecule has 0 bridgehead atoms. The summed E-state index contributed by atoms with van der Waals surface area (Å²) < 4.78 is 0. The number of carbonyl (C=O) groups is 1. The van der Waals surface area contributed by atoms with Gasteiger partial charge in [-0.1, -0.05) is 39.3 Å². The number of hydrogen-bond donors (Lipinski definition) is 2. The van der Waals surface area contributed by atoms with E-state index in [1.165, 1.54) is 6.20 Å². The second kappa shape index (κ2) is 8.51. The minimum absolute atomic E-state index is 0. The summed E-state index contributed by atoms with van der Waals surface area (Å²) in [5.41, 5.74) is 5.59. The first-order valence-corrected chi connectivity index (χ1v) is 7.32. The Balaban J connectivity index is 0.00000400. The molecule has 0 aromatic carbocycles. The fourth-order valence-corrected chi connectivity index (χ4v) is 2.06. The fourth-order valence-electron chi connectivity index (χ4n) is 1.88. The summed E-state index contributed by atoms with van der Waals surface area (Å²) in [7, 11) is 0. The molecule has 21 heavy (non-hydrogen) atoms. The van der Waals surface area contributed by atoms with Gasteiger partial charge >= 0.3 is 0 Å². The lowest BCUT2D eigenvalue weighted by Crippen LogP contribution is -2.53. The Bertz CT molecular complexity index is 468. The van der Waals surface area contributed by atoms with E-state index in [4.69, 9.17) is 17.3 Å². The van der Waals surface area contributed by atoms with Gasteiger partial charge in [-0.25, -0.2) is 9.97 Å². The van der Waals surface area contributed by atoms with Crippen molar-refractivity contribution in [3.8, 4) is 0 Å². The molecular weight excluding hydrogens is 311 g/mol. The molecule has 0 radical (unpaired) electrons. The van der Waals surface area contributed by atoms with Gasteiger partial charge in [0.05, 0.1) is 16.8 Å². The number of amides is 1. The molecule has 3 N–H and O–H groups in total. The third-order valence-electron chi connectivity index (χ3n) is 3.62. The highest BCUT2D eigenvalue weighted by Gasteiger charge is 2.28. The van der Waals surface area contributed by atoms with E-state index in [0.717, 1.165) is 12.8 Å². The van der Waals surface area contributed by atoms with E-state index in [1.807, 2.05) is 27.7 Å². The molecule has 0 aliphatic rings.